The lowest BCUT2D eigenvalue weighted by atomic mass is 10.0. The molecule has 0 N–H and O–H groups in total. The van der Waals surface area contributed by atoms with Gasteiger partial charge < -0.3 is 4.74 Å². The van der Waals surface area contributed by atoms with Crippen molar-refractivity contribution >= 4 is 32.6 Å². The van der Waals surface area contributed by atoms with Gasteiger partial charge >= 0.3 is 0 Å². The summed E-state index contributed by atoms with van der Waals surface area (Å²) in [6.07, 6.45) is 2.52. The summed E-state index contributed by atoms with van der Waals surface area (Å²) >= 11 is 1.59. The number of anilines is 1. The van der Waals surface area contributed by atoms with Crippen LogP contribution in [0.25, 0.3) is 10.2 Å². The SMILES string of the molecule is Cc1cccc2sc(N(CC3CCCO3)C(=O)Cc3ccc(C(C)C)cc3)nc12. The van der Waals surface area contributed by atoms with Crippen LogP contribution in [0.3, 0.4) is 0 Å². The molecule has 1 atom stereocenters. The Balaban J connectivity index is 1.60. The van der Waals surface area contributed by atoms with E-state index in [-0.39, 0.29) is 12.0 Å². The summed E-state index contributed by atoms with van der Waals surface area (Å²) in [7, 11) is 0. The van der Waals surface area contributed by atoms with Crippen molar-refractivity contribution in [1.82, 2.24) is 4.98 Å². The van der Waals surface area contributed by atoms with Crippen molar-refractivity contribution in [3.8, 4) is 0 Å². The largest absolute Gasteiger partial charge is 0.376 e. The fraction of sp³-hybridized carbons (Fsp3) is 0.417. The number of rotatable bonds is 6. The highest BCUT2D eigenvalue weighted by atomic mass is 32.1. The lowest BCUT2D eigenvalue weighted by Crippen LogP contribution is -2.38. The maximum absolute atomic E-state index is 13.3. The monoisotopic (exact) mass is 408 g/mol. The quantitative estimate of drug-likeness (QED) is 0.542. The van der Waals surface area contributed by atoms with Crippen molar-refractivity contribution in [2.45, 2.75) is 52.1 Å². The molecular formula is C24H28N2O2S. The number of fused-ring (bicyclic) bond motifs is 1. The number of ether oxygens (including phenoxy) is 1. The lowest BCUT2D eigenvalue weighted by molar-refractivity contribution is -0.118. The van der Waals surface area contributed by atoms with Crippen LogP contribution in [-0.2, 0) is 16.0 Å². The van der Waals surface area contributed by atoms with E-state index in [2.05, 4.69) is 57.2 Å². The zero-order valence-corrected chi connectivity index (χ0v) is 18.2. The molecule has 1 aromatic heterocycles. The van der Waals surface area contributed by atoms with Crippen molar-refractivity contribution in [2.24, 2.45) is 0 Å². The van der Waals surface area contributed by atoms with Gasteiger partial charge in [-0.05, 0) is 48.4 Å². The van der Waals surface area contributed by atoms with E-state index in [0.717, 1.165) is 45.9 Å². The standard InChI is InChI=1S/C24H28N2O2S/c1-16(2)19-11-9-18(10-12-19)14-22(27)26(15-20-7-5-13-28-20)24-25-23-17(3)6-4-8-21(23)29-24/h4,6,8-12,16,20H,5,7,13-15H2,1-3H3. The van der Waals surface area contributed by atoms with Crippen LogP contribution in [0, 0.1) is 6.92 Å². The Kier molecular flexibility index (Phi) is 5.97. The molecule has 29 heavy (non-hydrogen) atoms. The van der Waals surface area contributed by atoms with E-state index in [0.29, 0.717) is 18.9 Å². The minimum atomic E-state index is 0.0782. The molecular weight excluding hydrogens is 380 g/mol. The first-order valence-corrected chi connectivity index (χ1v) is 11.2. The van der Waals surface area contributed by atoms with E-state index in [9.17, 15) is 4.79 Å². The highest BCUT2D eigenvalue weighted by Gasteiger charge is 2.26. The molecule has 5 heteroatoms. The predicted molar refractivity (Wildman–Crippen MR) is 120 cm³/mol. The molecule has 1 aliphatic rings. The second-order valence-corrected chi connectivity index (χ2v) is 9.14. The smallest absolute Gasteiger partial charge is 0.233 e. The summed E-state index contributed by atoms with van der Waals surface area (Å²) in [4.78, 5) is 20.0. The second-order valence-electron chi connectivity index (χ2n) is 8.13. The van der Waals surface area contributed by atoms with Crippen molar-refractivity contribution in [3.05, 3.63) is 59.2 Å². The summed E-state index contributed by atoms with van der Waals surface area (Å²) in [5.41, 5.74) is 4.45. The molecule has 2 heterocycles. The van der Waals surface area contributed by atoms with Gasteiger partial charge in [0.2, 0.25) is 5.91 Å². The molecule has 0 bridgehead atoms. The van der Waals surface area contributed by atoms with Crippen molar-refractivity contribution in [3.63, 3.8) is 0 Å². The van der Waals surface area contributed by atoms with Gasteiger partial charge in [0, 0.05) is 6.61 Å². The van der Waals surface area contributed by atoms with E-state index in [4.69, 9.17) is 9.72 Å². The Morgan fingerprint density at radius 1 is 1.24 bits per heavy atom. The first-order chi connectivity index (χ1) is 14.0. The molecule has 152 valence electrons. The molecule has 4 rings (SSSR count). The highest BCUT2D eigenvalue weighted by molar-refractivity contribution is 7.22. The van der Waals surface area contributed by atoms with Crippen LogP contribution in [0.5, 0.6) is 0 Å². The zero-order valence-electron chi connectivity index (χ0n) is 17.4. The first kappa shape index (κ1) is 20.0. The number of nitrogens with zero attached hydrogens (tertiary/aromatic N) is 2. The fourth-order valence-electron chi connectivity index (χ4n) is 3.76. The predicted octanol–water partition coefficient (Wildman–Crippen LogP) is 5.48. The average Bonchev–Trinajstić information content (AvgIpc) is 3.36. The molecule has 0 radical (unpaired) electrons. The van der Waals surface area contributed by atoms with Gasteiger partial charge in [-0.3, -0.25) is 9.69 Å². The molecule has 2 aromatic carbocycles. The second kappa shape index (κ2) is 8.64. The Morgan fingerprint density at radius 2 is 2.03 bits per heavy atom. The summed E-state index contributed by atoms with van der Waals surface area (Å²) in [6, 6.07) is 14.6. The van der Waals surface area contributed by atoms with E-state index < -0.39 is 0 Å². The number of carbonyl (C=O) groups excluding carboxylic acids is 1. The van der Waals surface area contributed by atoms with Crippen LogP contribution in [0.4, 0.5) is 5.13 Å². The number of benzene rings is 2. The van der Waals surface area contributed by atoms with Crippen LogP contribution < -0.4 is 4.90 Å². The maximum Gasteiger partial charge on any atom is 0.233 e. The number of para-hydroxylation sites is 1. The van der Waals surface area contributed by atoms with E-state index in [1.165, 1.54) is 5.56 Å². The first-order valence-electron chi connectivity index (χ1n) is 10.4. The van der Waals surface area contributed by atoms with Crippen LogP contribution in [0.2, 0.25) is 0 Å². The molecule has 0 spiro atoms. The molecule has 0 saturated carbocycles. The number of aryl methyl sites for hydroxylation is 1. The third kappa shape index (κ3) is 4.51. The Bertz CT molecular complexity index is 988. The van der Waals surface area contributed by atoms with Gasteiger partial charge in [0.05, 0.1) is 29.3 Å². The Morgan fingerprint density at radius 3 is 2.69 bits per heavy atom. The van der Waals surface area contributed by atoms with Crippen LogP contribution in [0.1, 0.15) is 49.3 Å². The minimum Gasteiger partial charge on any atom is -0.376 e. The van der Waals surface area contributed by atoms with E-state index >= 15 is 0 Å². The number of aromatic nitrogens is 1. The molecule has 1 aliphatic heterocycles. The number of carbonyl (C=O) groups is 1. The summed E-state index contributed by atoms with van der Waals surface area (Å²) in [5, 5.41) is 0.772. The van der Waals surface area contributed by atoms with Gasteiger partial charge in [0.25, 0.3) is 0 Å². The fourth-order valence-corrected chi connectivity index (χ4v) is 4.83. The molecule has 1 fully saturated rings. The van der Waals surface area contributed by atoms with Gasteiger partial charge in [0.1, 0.15) is 0 Å². The Hall–Kier alpha value is -2.24. The molecule has 3 aromatic rings. The van der Waals surface area contributed by atoms with Gasteiger partial charge in [-0.2, -0.15) is 0 Å². The summed E-state index contributed by atoms with van der Waals surface area (Å²) in [6.45, 7) is 7.77. The van der Waals surface area contributed by atoms with Crippen LogP contribution >= 0.6 is 11.3 Å². The number of thiazole rings is 1. The molecule has 1 amide bonds. The van der Waals surface area contributed by atoms with E-state index in [1.54, 1.807) is 11.3 Å². The maximum atomic E-state index is 13.3. The van der Waals surface area contributed by atoms with Crippen LogP contribution in [0.15, 0.2) is 42.5 Å². The highest BCUT2D eigenvalue weighted by Crippen LogP contribution is 2.32. The zero-order chi connectivity index (χ0) is 20.4. The molecule has 0 aliphatic carbocycles. The van der Waals surface area contributed by atoms with E-state index in [1.807, 2.05) is 11.0 Å². The minimum absolute atomic E-state index is 0.0782. The third-order valence-corrected chi connectivity index (χ3v) is 6.60. The van der Waals surface area contributed by atoms with Gasteiger partial charge in [-0.1, -0.05) is 61.6 Å². The van der Waals surface area contributed by atoms with Gasteiger partial charge in [0.15, 0.2) is 5.13 Å². The van der Waals surface area contributed by atoms with Crippen molar-refractivity contribution in [2.75, 3.05) is 18.1 Å². The number of hydrogen-bond acceptors (Lipinski definition) is 4. The van der Waals surface area contributed by atoms with Crippen LogP contribution in [-0.4, -0.2) is 30.1 Å². The molecule has 1 unspecified atom stereocenters. The molecule has 4 nitrogen and oxygen atoms in total. The summed E-state index contributed by atoms with van der Waals surface area (Å²) < 4.78 is 6.95. The number of amides is 1. The topological polar surface area (TPSA) is 42.4 Å². The lowest BCUT2D eigenvalue weighted by Gasteiger charge is -2.23. The normalized spacial score (nSPS) is 16.6. The molecule has 1 saturated heterocycles. The third-order valence-electron chi connectivity index (χ3n) is 5.55. The Labute approximate surface area is 176 Å². The van der Waals surface area contributed by atoms with Gasteiger partial charge in [-0.25, -0.2) is 4.98 Å². The summed E-state index contributed by atoms with van der Waals surface area (Å²) in [5.74, 6) is 0.566. The average molecular weight is 409 g/mol. The van der Waals surface area contributed by atoms with Crippen molar-refractivity contribution in [1.29, 1.82) is 0 Å². The van der Waals surface area contributed by atoms with Gasteiger partial charge in [-0.15, -0.1) is 0 Å². The van der Waals surface area contributed by atoms with Crippen molar-refractivity contribution < 1.29 is 9.53 Å². The number of hydrogen-bond donors (Lipinski definition) is 0.